The van der Waals surface area contributed by atoms with E-state index < -0.39 is 4.92 Å². The molecule has 1 aliphatic rings. The number of non-ortho nitro benzene ring substituents is 1. The normalized spacial score (nSPS) is 14.1. The Bertz CT molecular complexity index is 787. The molecule has 3 rings (SSSR count). The van der Waals surface area contributed by atoms with Crippen LogP contribution in [-0.4, -0.2) is 28.6 Å². The van der Waals surface area contributed by atoms with Crippen molar-refractivity contribution in [3.05, 3.63) is 58.4 Å². The summed E-state index contributed by atoms with van der Waals surface area (Å²) in [4.78, 5) is 32.7. The third kappa shape index (κ3) is 2.44. The van der Waals surface area contributed by atoms with Crippen molar-refractivity contribution in [1.82, 2.24) is 4.98 Å². The first kappa shape index (κ1) is 13.9. The van der Waals surface area contributed by atoms with Crippen LogP contribution in [0, 0.1) is 10.1 Å². The summed E-state index contributed by atoms with van der Waals surface area (Å²) < 4.78 is 0. The molecule has 7 nitrogen and oxygen atoms in total. The first-order chi connectivity index (χ1) is 10.6. The van der Waals surface area contributed by atoms with Gasteiger partial charge in [-0.15, -0.1) is 0 Å². The third-order valence-corrected chi connectivity index (χ3v) is 3.47. The van der Waals surface area contributed by atoms with Crippen molar-refractivity contribution < 1.29 is 9.72 Å². The van der Waals surface area contributed by atoms with E-state index in [2.05, 4.69) is 9.98 Å². The summed E-state index contributed by atoms with van der Waals surface area (Å²) in [5.74, 6) is -0.129. The number of anilines is 1. The quantitative estimate of drug-likeness (QED) is 0.629. The van der Waals surface area contributed by atoms with Crippen molar-refractivity contribution in [1.29, 1.82) is 0 Å². The van der Waals surface area contributed by atoms with Crippen LogP contribution >= 0.6 is 0 Å². The number of benzene rings is 1. The maximum Gasteiger partial charge on any atom is 0.271 e. The van der Waals surface area contributed by atoms with Crippen LogP contribution < -0.4 is 4.90 Å². The van der Waals surface area contributed by atoms with E-state index in [0.29, 0.717) is 17.1 Å². The molecule has 0 unspecified atom stereocenters. The Balaban J connectivity index is 2.17. The van der Waals surface area contributed by atoms with E-state index in [1.807, 2.05) is 6.07 Å². The molecule has 0 N–H and O–H groups in total. The average molecular weight is 296 g/mol. The Hall–Kier alpha value is -3.09. The van der Waals surface area contributed by atoms with Gasteiger partial charge in [-0.05, 0) is 12.1 Å². The Morgan fingerprint density at radius 2 is 2.14 bits per heavy atom. The third-order valence-electron chi connectivity index (χ3n) is 3.47. The van der Waals surface area contributed by atoms with Gasteiger partial charge in [0, 0.05) is 37.1 Å². The molecule has 0 spiro atoms. The fourth-order valence-corrected chi connectivity index (χ4v) is 2.28. The van der Waals surface area contributed by atoms with E-state index in [1.54, 1.807) is 31.6 Å². The molecule has 0 saturated carbocycles. The highest BCUT2D eigenvalue weighted by atomic mass is 16.6. The summed E-state index contributed by atoms with van der Waals surface area (Å²) in [6, 6.07) is 7.85. The number of rotatable bonds is 2. The smallest absolute Gasteiger partial charge is 0.271 e. The van der Waals surface area contributed by atoms with Crippen LogP contribution in [0.2, 0.25) is 0 Å². The molecule has 1 aromatic heterocycles. The highest BCUT2D eigenvalue weighted by Crippen LogP contribution is 2.35. The molecule has 2 heterocycles. The highest BCUT2D eigenvalue weighted by Gasteiger charge is 2.23. The number of aromatic nitrogens is 1. The molecule has 0 aliphatic carbocycles. The summed E-state index contributed by atoms with van der Waals surface area (Å²) in [5, 5.41) is 10.9. The second-order valence-corrected chi connectivity index (χ2v) is 4.86. The van der Waals surface area contributed by atoms with E-state index in [-0.39, 0.29) is 18.0 Å². The monoisotopic (exact) mass is 296 g/mol. The van der Waals surface area contributed by atoms with Crippen molar-refractivity contribution in [3.63, 3.8) is 0 Å². The zero-order chi connectivity index (χ0) is 15.7. The number of nitrogens with zero attached hydrogens (tertiary/aromatic N) is 4. The van der Waals surface area contributed by atoms with Gasteiger partial charge < -0.3 is 4.90 Å². The van der Waals surface area contributed by atoms with Crippen molar-refractivity contribution in [2.24, 2.45) is 4.99 Å². The number of pyridine rings is 1. The van der Waals surface area contributed by atoms with Crippen LogP contribution in [-0.2, 0) is 4.79 Å². The van der Waals surface area contributed by atoms with Gasteiger partial charge >= 0.3 is 0 Å². The van der Waals surface area contributed by atoms with Crippen LogP contribution in [0.15, 0.2) is 47.7 Å². The second-order valence-electron chi connectivity index (χ2n) is 4.86. The molecule has 1 amide bonds. The van der Waals surface area contributed by atoms with Crippen LogP contribution in [0.5, 0.6) is 0 Å². The predicted octanol–water partition coefficient (Wildman–Crippen LogP) is 2.48. The Kier molecular flexibility index (Phi) is 3.38. The zero-order valence-electron chi connectivity index (χ0n) is 11.8. The lowest BCUT2D eigenvalue weighted by Gasteiger charge is -2.16. The summed E-state index contributed by atoms with van der Waals surface area (Å²) in [6.07, 6.45) is 3.37. The minimum Gasteiger partial charge on any atom is -0.313 e. The number of hydrogen-bond donors (Lipinski definition) is 0. The van der Waals surface area contributed by atoms with Crippen molar-refractivity contribution in [2.75, 3.05) is 11.9 Å². The lowest BCUT2D eigenvalue weighted by Crippen LogP contribution is -2.27. The molecule has 1 aliphatic heterocycles. The van der Waals surface area contributed by atoms with Crippen LogP contribution in [0.4, 0.5) is 17.1 Å². The molecule has 0 saturated heterocycles. The summed E-state index contributed by atoms with van der Waals surface area (Å²) in [6.45, 7) is 0. The number of amides is 1. The van der Waals surface area contributed by atoms with E-state index in [4.69, 9.17) is 0 Å². The first-order valence-electron chi connectivity index (χ1n) is 6.59. The summed E-state index contributed by atoms with van der Waals surface area (Å²) in [5.41, 5.74) is 2.17. The van der Waals surface area contributed by atoms with Crippen LogP contribution in [0.1, 0.15) is 12.0 Å². The number of nitro groups is 1. The fourth-order valence-electron chi connectivity index (χ4n) is 2.28. The minimum absolute atomic E-state index is 0.0595. The number of carbonyl (C=O) groups excluding carboxylic acids is 1. The van der Waals surface area contributed by atoms with Gasteiger partial charge in [0.1, 0.15) is 0 Å². The fraction of sp³-hybridized carbons (Fsp3) is 0.133. The molecule has 7 heteroatoms. The summed E-state index contributed by atoms with van der Waals surface area (Å²) in [7, 11) is 1.63. The zero-order valence-corrected chi connectivity index (χ0v) is 11.8. The highest BCUT2D eigenvalue weighted by molar-refractivity contribution is 6.17. The maximum absolute atomic E-state index is 12.3. The number of carbonyl (C=O) groups is 1. The van der Waals surface area contributed by atoms with Crippen molar-refractivity contribution in [3.8, 4) is 0 Å². The Labute approximate surface area is 126 Å². The molecule has 0 fully saturated rings. The molecule has 2 aromatic rings. The molecular formula is C15H12N4O3. The standard InChI is InChI=1S/C15H12N4O3/c1-18-14-5-4-11(19(21)22)7-13(14)17-12(8-15(18)20)10-3-2-6-16-9-10/h2-7,9H,8H2,1H3. The van der Waals surface area contributed by atoms with E-state index in [9.17, 15) is 14.9 Å². The molecule has 0 radical (unpaired) electrons. The Morgan fingerprint density at radius 1 is 1.32 bits per heavy atom. The van der Waals surface area contributed by atoms with Crippen LogP contribution in [0.3, 0.4) is 0 Å². The van der Waals surface area contributed by atoms with Gasteiger partial charge in [0.2, 0.25) is 5.91 Å². The predicted molar refractivity (Wildman–Crippen MR) is 81.6 cm³/mol. The van der Waals surface area contributed by atoms with Crippen LogP contribution in [0.25, 0.3) is 0 Å². The van der Waals surface area contributed by atoms with Gasteiger partial charge in [-0.1, -0.05) is 6.07 Å². The molecule has 110 valence electrons. The minimum atomic E-state index is -0.480. The van der Waals surface area contributed by atoms with Gasteiger partial charge in [-0.2, -0.15) is 0 Å². The average Bonchev–Trinajstić information content (AvgIpc) is 2.65. The molecule has 0 bridgehead atoms. The Morgan fingerprint density at radius 3 is 2.82 bits per heavy atom. The molecule has 1 aromatic carbocycles. The summed E-state index contributed by atoms with van der Waals surface area (Å²) >= 11 is 0. The molecule has 0 atom stereocenters. The van der Waals surface area contributed by atoms with Gasteiger partial charge in [-0.3, -0.25) is 19.9 Å². The molecule has 22 heavy (non-hydrogen) atoms. The number of aliphatic imine (C=N–C) groups is 1. The van der Waals surface area contributed by atoms with Gasteiger partial charge in [0.15, 0.2) is 0 Å². The number of nitro benzene ring substituents is 1. The van der Waals surface area contributed by atoms with E-state index in [1.165, 1.54) is 17.0 Å². The SMILES string of the molecule is CN1C(=O)CC(c2cccnc2)=Nc2cc([N+](=O)[O-])ccc21. The lowest BCUT2D eigenvalue weighted by molar-refractivity contribution is -0.384. The molecular weight excluding hydrogens is 284 g/mol. The van der Waals surface area contributed by atoms with Gasteiger partial charge in [-0.25, -0.2) is 4.99 Å². The topological polar surface area (TPSA) is 88.7 Å². The largest absolute Gasteiger partial charge is 0.313 e. The van der Waals surface area contributed by atoms with E-state index in [0.717, 1.165) is 5.56 Å². The van der Waals surface area contributed by atoms with Crippen molar-refractivity contribution in [2.45, 2.75) is 6.42 Å². The second kappa shape index (κ2) is 5.36. The number of fused-ring (bicyclic) bond motifs is 1. The number of hydrogen-bond acceptors (Lipinski definition) is 5. The lowest BCUT2D eigenvalue weighted by atomic mass is 10.1. The van der Waals surface area contributed by atoms with Gasteiger partial charge in [0.05, 0.1) is 28.4 Å². The maximum atomic E-state index is 12.3. The van der Waals surface area contributed by atoms with Gasteiger partial charge in [0.25, 0.3) is 5.69 Å². The van der Waals surface area contributed by atoms with Crippen molar-refractivity contribution >= 4 is 28.7 Å². The van der Waals surface area contributed by atoms with E-state index >= 15 is 0 Å². The first-order valence-corrected chi connectivity index (χ1v) is 6.59.